The molecule has 5 heteroatoms. The molecule has 1 N–H and O–H groups in total. The topological polar surface area (TPSA) is 54.3 Å². The number of nitrogens with one attached hydrogen (secondary N) is 1. The van der Waals surface area contributed by atoms with Crippen LogP contribution in [-0.2, 0) is 16.0 Å². The molecule has 2 aromatic carbocycles. The summed E-state index contributed by atoms with van der Waals surface area (Å²) in [5.74, 6) is -0.741. The van der Waals surface area contributed by atoms with Gasteiger partial charge >= 0.3 is 0 Å². The van der Waals surface area contributed by atoms with E-state index < -0.39 is 5.91 Å². The second-order valence-electron chi connectivity index (χ2n) is 7.16. The standard InChI is InChI=1S/C24H23N3O2/c1-4-18-10-12-20(13-11-18)26-16(2)14-19(17(26)3)15-22-23(28)25-27(24(22)29)21-8-6-5-7-9-21/h5-15H,4H2,1-3H3,(H,25,28)/b22-15-. The first kappa shape index (κ1) is 18.7. The molecule has 0 unspecified atom stereocenters. The van der Waals surface area contributed by atoms with Crippen molar-refractivity contribution in [2.45, 2.75) is 27.2 Å². The van der Waals surface area contributed by atoms with E-state index in [-0.39, 0.29) is 11.5 Å². The van der Waals surface area contributed by atoms with E-state index in [1.165, 1.54) is 10.6 Å². The molecule has 0 radical (unpaired) electrons. The van der Waals surface area contributed by atoms with Crippen LogP contribution in [0.5, 0.6) is 0 Å². The van der Waals surface area contributed by atoms with Crippen LogP contribution in [0.4, 0.5) is 5.69 Å². The van der Waals surface area contributed by atoms with Crippen molar-refractivity contribution in [2.75, 3.05) is 5.01 Å². The van der Waals surface area contributed by atoms with E-state index in [0.717, 1.165) is 29.1 Å². The predicted octanol–water partition coefficient (Wildman–Crippen LogP) is 4.12. The van der Waals surface area contributed by atoms with Crippen LogP contribution in [-0.4, -0.2) is 16.4 Å². The average Bonchev–Trinajstić information content (AvgIpc) is 3.18. The fourth-order valence-electron chi connectivity index (χ4n) is 3.68. The minimum Gasteiger partial charge on any atom is -0.318 e. The zero-order chi connectivity index (χ0) is 20.5. The van der Waals surface area contributed by atoms with Gasteiger partial charge in [0.25, 0.3) is 11.8 Å². The smallest absolute Gasteiger partial charge is 0.282 e. The van der Waals surface area contributed by atoms with Gasteiger partial charge in [-0.15, -0.1) is 0 Å². The summed E-state index contributed by atoms with van der Waals surface area (Å²) in [6, 6.07) is 19.5. The highest BCUT2D eigenvalue weighted by Gasteiger charge is 2.34. The molecule has 1 aliphatic heterocycles. The molecule has 29 heavy (non-hydrogen) atoms. The molecule has 0 saturated carbocycles. The number of rotatable bonds is 4. The van der Waals surface area contributed by atoms with Crippen molar-refractivity contribution >= 4 is 23.6 Å². The Hall–Kier alpha value is -3.60. The molecule has 1 fully saturated rings. The zero-order valence-electron chi connectivity index (χ0n) is 16.8. The van der Waals surface area contributed by atoms with Crippen molar-refractivity contribution < 1.29 is 9.59 Å². The van der Waals surface area contributed by atoms with Gasteiger partial charge in [0.2, 0.25) is 0 Å². The van der Waals surface area contributed by atoms with Gasteiger partial charge in [0.1, 0.15) is 5.57 Å². The van der Waals surface area contributed by atoms with Crippen LogP contribution >= 0.6 is 0 Å². The van der Waals surface area contributed by atoms with E-state index in [1.54, 1.807) is 18.2 Å². The first-order valence-electron chi connectivity index (χ1n) is 9.70. The summed E-state index contributed by atoms with van der Waals surface area (Å²) < 4.78 is 2.14. The van der Waals surface area contributed by atoms with Crippen LogP contribution in [0, 0.1) is 13.8 Å². The molecule has 4 rings (SSSR count). The number of nitrogens with zero attached hydrogens (tertiary/aromatic N) is 2. The second kappa shape index (κ2) is 7.43. The highest BCUT2D eigenvalue weighted by molar-refractivity contribution is 6.31. The summed E-state index contributed by atoms with van der Waals surface area (Å²) in [7, 11) is 0. The Morgan fingerprint density at radius 2 is 1.62 bits per heavy atom. The summed E-state index contributed by atoms with van der Waals surface area (Å²) >= 11 is 0. The van der Waals surface area contributed by atoms with Gasteiger partial charge in [-0.1, -0.05) is 37.3 Å². The van der Waals surface area contributed by atoms with Gasteiger partial charge in [0, 0.05) is 17.1 Å². The molecule has 5 nitrogen and oxygen atoms in total. The van der Waals surface area contributed by atoms with Crippen molar-refractivity contribution in [3.05, 3.63) is 88.8 Å². The quantitative estimate of drug-likeness (QED) is 0.543. The molecule has 1 aliphatic rings. The number of aryl methyl sites for hydroxylation is 2. The highest BCUT2D eigenvalue weighted by atomic mass is 16.2. The van der Waals surface area contributed by atoms with Crippen LogP contribution in [0.1, 0.15) is 29.4 Å². The molecule has 2 heterocycles. The molecule has 0 atom stereocenters. The first-order chi connectivity index (χ1) is 14.0. The van der Waals surface area contributed by atoms with Crippen molar-refractivity contribution in [3.8, 4) is 5.69 Å². The molecule has 0 aliphatic carbocycles. The predicted molar refractivity (Wildman–Crippen MR) is 115 cm³/mol. The monoisotopic (exact) mass is 385 g/mol. The summed E-state index contributed by atoms with van der Waals surface area (Å²) in [5, 5.41) is 1.29. The number of para-hydroxylation sites is 1. The minimum absolute atomic E-state index is 0.135. The molecule has 2 amide bonds. The van der Waals surface area contributed by atoms with Gasteiger partial charge in [-0.25, -0.2) is 5.01 Å². The number of hydrazine groups is 1. The van der Waals surface area contributed by atoms with E-state index in [2.05, 4.69) is 41.2 Å². The van der Waals surface area contributed by atoms with Crippen molar-refractivity contribution in [1.29, 1.82) is 0 Å². The van der Waals surface area contributed by atoms with Gasteiger partial charge in [-0.05, 0) is 67.8 Å². The van der Waals surface area contributed by atoms with Gasteiger partial charge in [0.05, 0.1) is 5.69 Å². The molecule has 0 bridgehead atoms. The number of carbonyl (C=O) groups is 2. The largest absolute Gasteiger partial charge is 0.318 e. The molecule has 1 saturated heterocycles. The van der Waals surface area contributed by atoms with E-state index in [1.807, 2.05) is 38.1 Å². The van der Waals surface area contributed by atoms with E-state index in [9.17, 15) is 9.59 Å². The Kier molecular flexibility index (Phi) is 4.80. The molecule has 146 valence electrons. The summed E-state index contributed by atoms with van der Waals surface area (Å²) in [4.78, 5) is 25.3. The Morgan fingerprint density at radius 1 is 0.931 bits per heavy atom. The lowest BCUT2D eigenvalue weighted by molar-refractivity contribution is -0.117. The lowest BCUT2D eigenvalue weighted by atomic mass is 10.1. The van der Waals surface area contributed by atoms with Crippen LogP contribution in [0.25, 0.3) is 11.8 Å². The third-order valence-corrected chi connectivity index (χ3v) is 5.28. The van der Waals surface area contributed by atoms with E-state index >= 15 is 0 Å². The van der Waals surface area contributed by atoms with E-state index in [4.69, 9.17) is 0 Å². The maximum Gasteiger partial charge on any atom is 0.282 e. The average molecular weight is 385 g/mol. The molecule has 0 spiro atoms. The Morgan fingerprint density at radius 3 is 2.28 bits per heavy atom. The fourth-order valence-corrected chi connectivity index (χ4v) is 3.68. The second-order valence-corrected chi connectivity index (χ2v) is 7.16. The number of hydrogen-bond donors (Lipinski definition) is 1. The summed E-state index contributed by atoms with van der Waals surface area (Å²) in [6.07, 6.45) is 2.68. The fraction of sp³-hybridized carbons (Fsp3) is 0.167. The third-order valence-electron chi connectivity index (χ3n) is 5.28. The number of aromatic nitrogens is 1. The highest BCUT2D eigenvalue weighted by Crippen LogP contribution is 2.26. The SMILES string of the molecule is CCc1ccc(-n2c(C)cc(/C=C3/C(=O)NN(c4ccccc4)C3=O)c2C)cc1. The Bertz CT molecular complexity index is 1110. The van der Waals surface area contributed by atoms with Crippen molar-refractivity contribution in [3.63, 3.8) is 0 Å². The minimum atomic E-state index is -0.393. The Labute approximate surface area is 170 Å². The van der Waals surface area contributed by atoms with Crippen LogP contribution in [0.15, 0.2) is 66.2 Å². The molecule has 3 aromatic rings. The molecule has 1 aromatic heterocycles. The van der Waals surface area contributed by atoms with Crippen LogP contribution in [0.2, 0.25) is 0 Å². The third kappa shape index (κ3) is 3.36. The van der Waals surface area contributed by atoms with Crippen molar-refractivity contribution in [1.82, 2.24) is 9.99 Å². The molecular formula is C24H23N3O2. The summed E-state index contributed by atoms with van der Waals surface area (Å²) in [5.41, 5.74) is 8.65. The van der Waals surface area contributed by atoms with E-state index in [0.29, 0.717) is 5.69 Å². The number of amides is 2. The van der Waals surface area contributed by atoms with Crippen LogP contribution in [0.3, 0.4) is 0 Å². The lowest BCUT2D eigenvalue weighted by Gasteiger charge is -2.13. The van der Waals surface area contributed by atoms with Gasteiger partial charge in [0.15, 0.2) is 0 Å². The number of carbonyl (C=O) groups excluding carboxylic acids is 2. The van der Waals surface area contributed by atoms with Gasteiger partial charge in [-0.2, -0.15) is 0 Å². The van der Waals surface area contributed by atoms with Gasteiger partial charge in [-0.3, -0.25) is 15.0 Å². The summed E-state index contributed by atoms with van der Waals surface area (Å²) in [6.45, 7) is 6.16. The zero-order valence-corrected chi connectivity index (χ0v) is 16.8. The van der Waals surface area contributed by atoms with Gasteiger partial charge < -0.3 is 4.57 Å². The maximum atomic E-state index is 12.8. The van der Waals surface area contributed by atoms with Crippen molar-refractivity contribution in [2.24, 2.45) is 0 Å². The number of hydrogen-bond acceptors (Lipinski definition) is 2. The normalized spacial score (nSPS) is 15.3. The van der Waals surface area contributed by atoms with Crippen LogP contribution < -0.4 is 10.4 Å². The number of benzene rings is 2. The Balaban J connectivity index is 1.70. The first-order valence-corrected chi connectivity index (χ1v) is 9.70. The maximum absolute atomic E-state index is 12.8. The lowest BCUT2D eigenvalue weighted by Crippen LogP contribution is -2.35. The molecular weight excluding hydrogens is 362 g/mol. The number of anilines is 1.